The summed E-state index contributed by atoms with van der Waals surface area (Å²) >= 11 is 0. The number of hydrogen-bond donors (Lipinski definition) is 2. The molecule has 2 fully saturated rings. The van der Waals surface area contributed by atoms with Gasteiger partial charge >= 0.3 is 6.03 Å². The van der Waals surface area contributed by atoms with E-state index in [4.69, 9.17) is 4.42 Å². The Hall–Kier alpha value is -2.57. The van der Waals surface area contributed by atoms with Gasteiger partial charge in [-0.15, -0.1) is 0 Å². The number of hydrazine groups is 1. The summed E-state index contributed by atoms with van der Waals surface area (Å²) in [6.07, 6.45) is 7.14. The maximum atomic E-state index is 12.6. The van der Waals surface area contributed by atoms with E-state index in [1.165, 1.54) is 18.4 Å². The Kier molecular flexibility index (Phi) is 3.94. The number of carbonyl (C=O) groups excluding carboxylic acids is 3. The van der Waals surface area contributed by atoms with Crippen molar-refractivity contribution >= 4 is 23.9 Å². The fraction of sp³-hybridized carbons (Fsp3) is 0.438. The van der Waals surface area contributed by atoms with Crippen LogP contribution in [0.3, 0.4) is 0 Å². The lowest BCUT2D eigenvalue weighted by molar-refractivity contribution is -0.138. The second-order valence-corrected chi connectivity index (χ2v) is 6.16. The van der Waals surface area contributed by atoms with Crippen molar-refractivity contribution in [1.82, 2.24) is 15.8 Å². The highest BCUT2D eigenvalue weighted by Crippen LogP contribution is 2.35. The van der Waals surface area contributed by atoms with Crippen LogP contribution in [-0.4, -0.2) is 28.4 Å². The fourth-order valence-electron chi connectivity index (χ4n) is 3.01. The fourth-order valence-corrected chi connectivity index (χ4v) is 3.01. The Bertz CT molecular complexity index is 642. The highest BCUT2D eigenvalue weighted by atomic mass is 16.3. The van der Waals surface area contributed by atoms with E-state index in [0.717, 1.165) is 17.9 Å². The van der Waals surface area contributed by atoms with E-state index in [2.05, 4.69) is 17.7 Å². The van der Waals surface area contributed by atoms with Gasteiger partial charge in [0, 0.05) is 6.08 Å². The van der Waals surface area contributed by atoms with Crippen molar-refractivity contribution < 1.29 is 18.8 Å². The van der Waals surface area contributed by atoms with Gasteiger partial charge in [-0.2, -0.15) is 5.01 Å². The van der Waals surface area contributed by atoms with Crippen LogP contribution in [0.1, 0.15) is 38.4 Å². The van der Waals surface area contributed by atoms with Crippen molar-refractivity contribution in [2.75, 3.05) is 0 Å². The van der Waals surface area contributed by atoms with Gasteiger partial charge in [-0.25, -0.2) is 4.79 Å². The van der Waals surface area contributed by atoms with E-state index >= 15 is 0 Å². The minimum atomic E-state index is -0.860. The molecule has 0 unspecified atom stereocenters. The van der Waals surface area contributed by atoms with Gasteiger partial charge in [-0.1, -0.05) is 6.92 Å². The molecule has 0 bridgehead atoms. The number of nitrogens with one attached hydrogen (secondary N) is 2. The average Bonchev–Trinajstić information content (AvgIpc) is 3.12. The molecule has 1 aromatic rings. The lowest BCUT2D eigenvalue weighted by Gasteiger charge is -2.33. The molecule has 1 aromatic heterocycles. The number of nitrogens with zero attached hydrogens (tertiary/aromatic N) is 1. The highest BCUT2D eigenvalue weighted by Gasteiger charge is 2.52. The minimum absolute atomic E-state index is 0.380. The molecular formula is C16H19N3O4. The van der Waals surface area contributed by atoms with Gasteiger partial charge in [0.05, 0.1) is 6.26 Å². The average molecular weight is 317 g/mol. The van der Waals surface area contributed by atoms with Gasteiger partial charge in [-0.3, -0.25) is 15.0 Å². The zero-order valence-corrected chi connectivity index (χ0v) is 12.9. The van der Waals surface area contributed by atoms with Crippen molar-refractivity contribution in [2.24, 2.45) is 5.92 Å². The molecular weight excluding hydrogens is 298 g/mol. The molecule has 7 heteroatoms. The number of carbonyl (C=O) groups is 3. The van der Waals surface area contributed by atoms with Crippen LogP contribution in [-0.2, 0) is 9.59 Å². The van der Waals surface area contributed by atoms with Crippen molar-refractivity contribution in [3.63, 3.8) is 0 Å². The maximum Gasteiger partial charge on any atom is 0.344 e. The number of amides is 4. The summed E-state index contributed by atoms with van der Waals surface area (Å²) in [4.78, 5) is 36.5. The minimum Gasteiger partial charge on any atom is -0.465 e. The standard InChI is InChI=1S/C16H19N3O4/c1-11-6-8-16(9-7-11)14(21)19(15(22)17-16)18-13(20)5-4-12-3-2-10-23-12/h2-5,10-11H,6-9H2,1H3,(H,17,22)(H,18,20)/b5-4+. The van der Waals surface area contributed by atoms with E-state index in [1.54, 1.807) is 12.1 Å². The predicted octanol–water partition coefficient (Wildman–Crippen LogP) is 1.82. The number of furan rings is 1. The first-order valence-corrected chi connectivity index (χ1v) is 7.69. The molecule has 4 amide bonds. The molecule has 1 spiro atoms. The van der Waals surface area contributed by atoms with E-state index in [9.17, 15) is 14.4 Å². The van der Waals surface area contributed by atoms with Gasteiger partial charge in [0.1, 0.15) is 11.3 Å². The lowest BCUT2D eigenvalue weighted by Crippen LogP contribution is -2.51. The quantitative estimate of drug-likeness (QED) is 0.657. The second kappa shape index (κ2) is 5.91. The summed E-state index contributed by atoms with van der Waals surface area (Å²) in [6, 6.07) is 2.81. The number of imide groups is 1. The summed E-state index contributed by atoms with van der Waals surface area (Å²) in [6.45, 7) is 2.13. The van der Waals surface area contributed by atoms with Crippen molar-refractivity contribution in [1.29, 1.82) is 0 Å². The molecule has 2 aliphatic rings. The topological polar surface area (TPSA) is 91.7 Å². The van der Waals surface area contributed by atoms with Crippen LogP contribution in [0.5, 0.6) is 0 Å². The Morgan fingerprint density at radius 3 is 2.83 bits per heavy atom. The molecule has 23 heavy (non-hydrogen) atoms. The Balaban J connectivity index is 1.65. The van der Waals surface area contributed by atoms with Crippen LogP contribution in [0, 0.1) is 5.92 Å². The van der Waals surface area contributed by atoms with Crippen LogP contribution >= 0.6 is 0 Å². The first-order valence-electron chi connectivity index (χ1n) is 7.69. The van der Waals surface area contributed by atoms with Gasteiger partial charge in [0.25, 0.3) is 11.8 Å². The van der Waals surface area contributed by atoms with Crippen LogP contribution in [0.4, 0.5) is 4.79 Å². The van der Waals surface area contributed by atoms with E-state index in [1.807, 2.05) is 0 Å². The van der Waals surface area contributed by atoms with E-state index in [0.29, 0.717) is 24.5 Å². The molecule has 122 valence electrons. The highest BCUT2D eigenvalue weighted by molar-refractivity contribution is 6.08. The van der Waals surface area contributed by atoms with Gasteiger partial charge < -0.3 is 9.73 Å². The maximum absolute atomic E-state index is 12.6. The van der Waals surface area contributed by atoms with Crippen molar-refractivity contribution in [2.45, 2.75) is 38.1 Å². The van der Waals surface area contributed by atoms with Crippen LogP contribution in [0.25, 0.3) is 6.08 Å². The Morgan fingerprint density at radius 1 is 1.43 bits per heavy atom. The van der Waals surface area contributed by atoms with Gasteiger partial charge in [0.15, 0.2) is 0 Å². The molecule has 1 saturated carbocycles. The van der Waals surface area contributed by atoms with Crippen molar-refractivity contribution in [3.05, 3.63) is 30.2 Å². The van der Waals surface area contributed by atoms with Crippen molar-refractivity contribution in [3.8, 4) is 0 Å². The smallest absolute Gasteiger partial charge is 0.344 e. The molecule has 0 atom stereocenters. The SMILES string of the molecule is CC1CCC2(CC1)NC(=O)N(NC(=O)/C=C/c1ccco1)C2=O. The number of rotatable bonds is 3. The molecule has 7 nitrogen and oxygen atoms in total. The van der Waals surface area contributed by atoms with Crippen LogP contribution < -0.4 is 10.7 Å². The molecule has 1 aliphatic heterocycles. The summed E-state index contributed by atoms with van der Waals surface area (Å²) in [5.41, 5.74) is 1.47. The zero-order chi connectivity index (χ0) is 16.4. The first kappa shape index (κ1) is 15.3. The molecule has 1 saturated heterocycles. The first-order chi connectivity index (χ1) is 11.0. The monoisotopic (exact) mass is 317 g/mol. The molecule has 3 rings (SSSR count). The number of urea groups is 1. The summed E-state index contributed by atoms with van der Waals surface area (Å²) in [7, 11) is 0. The van der Waals surface area contributed by atoms with Crippen LogP contribution in [0.2, 0.25) is 0 Å². The summed E-state index contributed by atoms with van der Waals surface area (Å²) in [5, 5.41) is 3.53. The largest absolute Gasteiger partial charge is 0.465 e. The summed E-state index contributed by atoms with van der Waals surface area (Å²) < 4.78 is 5.07. The predicted molar refractivity (Wildman–Crippen MR) is 81.6 cm³/mol. The van der Waals surface area contributed by atoms with E-state index < -0.39 is 17.5 Å². The third-order valence-corrected chi connectivity index (χ3v) is 4.45. The normalized spacial score (nSPS) is 27.7. The molecule has 1 aliphatic carbocycles. The Morgan fingerprint density at radius 2 is 2.17 bits per heavy atom. The number of hydrogen-bond acceptors (Lipinski definition) is 4. The van der Waals surface area contributed by atoms with E-state index in [-0.39, 0.29) is 5.91 Å². The summed E-state index contributed by atoms with van der Waals surface area (Å²) in [5.74, 6) is 0.112. The second-order valence-electron chi connectivity index (χ2n) is 6.16. The third-order valence-electron chi connectivity index (χ3n) is 4.45. The van der Waals surface area contributed by atoms with Crippen LogP contribution in [0.15, 0.2) is 28.9 Å². The molecule has 0 aromatic carbocycles. The lowest BCUT2D eigenvalue weighted by atomic mass is 9.77. The van der Waals surface area contributed by atoms with Gasteiger partial charge in [0.2, 0.25) is 0 Å². The zero-order valence-electron chi connectivity index (χ0n) is 12.9. The Labute approximate surface area is 133 Å². The third kappa shape index (κ3) is 2.99. The molecule has 0 radical (unpaired) electrons. The van der Waals surface area contributed by atoms with Gasteiger partial charge in [-0.05, 0) is 49.8 Å². The molecule has 2 N–H and O–H groups in total. The molecule has 2 heterocycles.